The molecule has 0 aliphatic rings. The largest absolute Gasteiger partial charge is 0.283 e. The summed E-state index contributed by atoms with van der Waals surface area (Å²) in [5.74, 6) is -0.415. The molecule has 168 valence electrons. The Bertz CT molecular complexity index is 1530. The standard InChI is InChI=1S/C25H15Cl3N4OS/c26-17-11-9-15(10-12-17)23-16(14-32(31-23)18-5-2-1-3-6-18)13-29-30-25(33)24-22(28)21-19(27)7-4-8-20(21)34-24/h1-14H,(H,30,33)/b29-13-. The summed E-state index contributed by atoms with van der Waals surface area (Å²) in [5.41, 5.74) is 5.75. The number of benzene rings is 3. The van der Waals surface area contributed by atoms with Gasteiger partial charge in [0.1, 0.15) is 10.6 Å². The molecule has 2 aromatic heterocycles. The van der Waals surface area contributed by atoms with E-state index in [1.54, 1.807) is 29.1 Å². The third-order valence-corrected chi connectivity index (χ3v) is 7.27. The summed E-state index contributed by atoms with van der Waals surface area (Å²) >= 11 is 20.0. The van der Waals surface area contributed by atoms with Gasteiger partial charge in [-0.15, -0.1) is 11.3 Å². The average Bonchev–Trinajstić information content (AvgIpc) is 3.42. The number of para-hydroxylation sites is 1. The van der Waals surface area contributed by atoms with Crippen LogP contribution in [0.5, 0.6) is 0 Å². The van der Waals surface area contributed by atoms with Crippen molar-refractivity contribution in [3.63, 3.8) is 0 Å². The van der Waals surface area contributed by atoms with Crippen LogP contribution in [-0.4, -0.2) is 21.9 Å². The number of carbonyl (C=O) groups is 1. The molecule has 5 nitrogen and oxygen atoms in total. The van der Waals surface area contributed by atoms with E-state index in [0.29, 0.717) is 31.0 Å². The number of halogens is 3. The van der Waals surface area contributed by atoms with Crippen molar-refractivity contribution in [1.29, 1.82) is 0 Å². The summed E-state index contributed by atoms with van der Waals surface area (Å²) in [7, 11) is 0. The Morgan fingerprint density at radius 2 is 1.74 bits per heavy atom. The quantitative estimate of drug-likeness (QED) is 0.191. The predicted molar refractivity (Wildman–Crippen MR) is 141 cm³/mol. The van der Waals surface area contributed by atoms with Crippen LogP contribution in [0.3, 0.4) is 0 Å². The lowest BCUT2D eigenvalue weighted by atomic mass is 10.1. The summed E-state index contributed by atoms with van der Waals surface area (Å²) in [4.78, 5) is 13.1. The van der Waals surface area contributed by atoms with Crippen LogP contribution in [0.15, 0.2) is 84.1 Å². The molecule has 1 amide bonds. The van der Waals surface area contributed by atoms with Crippen LogP contribution in [0, 0.1) is 0 Å². The first-order chi connectivity index (χ1) is 16.5. The highest BCUT2D eigenvalue weighted by molar-refractivity contribution is 7.21. The zero-order chi connectivity index (χ0) is 23.7. The van der Waals surface area contributed by atoms with Crippen molar-refractivity contribution >= 4 is 68.3 Å². The lowest BCUT2D eigenvalue weighted by Crippen LogP contribution is -2.16. The van der Waals surface area contributed by atoms with Crippen LogP contribution in [-0.2, 0) is 0 Å². The van der Waals surface area contributed by atoms with Gasteiger partial charge in [0.15, 0.2) is 0 Å². The Morgan fingerprint density at radius 1 is 0.971 bits per heavy atom. The van der Waals surface area contributed by atoms with Crippen molar-refractivity contribution in [2.24, 2.45) is 5.10 Å². The summed E-state index contributed by atoms with van der Waals surface area (Å²) in [6.45, 7) is 0. The van der Waals surface area contributed by atoms with Gasteiger partial charge in [0.2, 0.25) is 0 Å². The van der Waals surface area contributed by atoms with Crippen molar-refractivity contribution in [3.05, 3.63) is 105 Å². The number of nitrogens with one attached hydrogen (secondary N) is 1. The first-order valence-electron chi connectivity index (χ1n) is 10.1. The van der Waals surface area contributed by atoms with E-state index in [-0.39, 0.29) is 0 Å². The minimum atomic E-state index is -0.415. The van der Waals surface area contributed by atoms with E-state index in [0.717, 1.165) is 21.5 Å². The van der Waals surface area contributed by atoms with Gasteiger partial charge < -0.3 is 0 Å². The van der Waals surface area contributed by atoms with Gasteiger partial charge in [-0.05, 0) is 36.4 Å². The van der Waals surface area contributed by atoms with Crippen LogP contribution in [0.1, 0.15) is 15.2 Å². The molecule has 0 aliphatic carbocycles. The van der Waals surface area contributed by atoms with Crippen molar-refractivity contribution in [2.45, 2.75) is 0 Å². The highest BCUT2D eigenvalue weighted by Gasteiger charge is 2.19. The van der Waals surface area contributed by atoms with E-state index in [1.807, 2.05) is 60.8 Å². The normalized spacial score (nSPS) is 11.4. The Morgan fingerprint density at radius 3 is 2.47 bits per heavy atom. The van der Waals surface area contributed by atoms with Gasteiger partial charge in [-0.2, -0.15) is 10.2 Å². The number of hydrogen-bond acceptors (Lipinski definition) is 4. The number of hydrazone groups is 1. The fourth-order valence-corrected chi connectivity index (χ4v) is 5.43. The summed E-state index contributed by atoms with van der Waals surface area (Å²) in [6, 6.07) is 22.5. The zero-order valence-corrected chi connectivity index (χ0v) is 20.5. The van der Waals surface area contributed by atoms with Gasteiger partial charge in [-0.3, -0.25) is 4.79 Å². The number of carbonyl (C=O) groups excluding carboxylic acids is 1. The van der Waals surface area contributed by atoms with Gasteiger partial charge in [-0.25, -0.2) is 10.1 Å². The average molecular weight is 526 g/mol. The van der Waals surface area contributed by atoms with Crippen molar-refractivity contribution in [3.8, 4) is 16.9 Å². The molecule has 0 unspecified atom stereocenters. The molecule has 34 heavy (non-hydrogen) atoms. The van der Waals surface area contributed by atoms with Crippen molar-refractivity contribution in [2.75, 3.05) is 0 Å². The molecule has 1 N–H and O–H groups in total. The molecule has 0 radical (unpaired) electrons. The molecule has 0 saturated heterocycles. The molecule has 5 rings (SSSR count). The number of aromatic nitrogens is 2. The second-order valence-corrected chi connectivity index (χ2v) is 9.55. The molecule has 3 aromatic carbocycles. The van der Waals surface area contributed by atoms with Crippen LogP contribution in [0.4, 0.5) is 0 Å². The lowest BCUT2D eigenvalue weighted by Gasteiger charge is -2.01. The second-order valence-electron chi connectivity index (χ2n) is 7.28. The van der Waals surface area contributed by atoms with Gasteiger partial charge in [0.25, 0.3) is 5.91 Å². The van der Waals surface area contributed by atoms with Crippen LogP contribution < -0.4 is 5.43 Å². The third kappa shape index (κ3) is 4.45. The number of rotatable bonds is 5. The van der Waals surface area contributed by atoms with Crippen molar-refractivity contribution < 1.29 is 4.79 Å². The highest BCUT2D eigenvalue weighted by Crippen LogP contribution is 2.39. The van der Waals surface area contributed by atoms with Gasteiger partial charge in [-0.1, -0.05) is 71.2 Å². The molecule has 9 heteroatoms. The highest BCUT2D eigenvalue weighted by atomic mass is 35.5. The zero-order valence-electron chi connectivity index (χ0n) is 17.4. The van der Waals surface area contributed by atoms with Crippen LogP contribution in [0.2, 0.25) is 15.1 Å². The van der Waals surface area contributed by atoms with E-state index in [2.05, 4.69) is 10.5 Å². The summed E-state index contributed by atoms with van der Waals surface area (Å²) in [6.07, 6.45) is 3.41. The Labute approximate surface area is 214 Å². The number of thiophene rings is 1. The Hall–Kier alpha value is -3.16. The first-order valence-corrected chi connectivity index (χ1v) is 12.1. The van der Waals surface area contributed by atoms with Crippen LogP contribution >= 0.6 is 46.1 Å². The first kappa shape index (κ1) is 22.6. The van der Waals surface area contributed by atoms with Crippen LogP contribution in [0.25, 0.3) is 27.0 Å². The number of amides is 1. The van der Waals surface area contributed by atoms with E-state index >= 15 is 0 Å². The predicted octanol–water partition coefficient (Wildman–Crippen LogP) is 7.48. The Balaban J connectivity index is 1.45. The van der Waals surface area contributed by atoms with Gasteiger partial charge >= 0.3 is 0 Å². The number of nitrogens with zero attached hydrogens (tertiary/aromatic N) is 3. The van der Waals surface area contributed by atoms with E-state index < -0.39 is 5.91 Å². The van der Waals surface area contributed by atoms with Gasteiger partial charge in [0, 0.05) is 32.4 Å². The minimum absolute atomic E-state index is 0.317. The molecular formula is C25H15Cl3N4OS. The molecule has 0 saturated carbocycles. The topological polar surface area (TPSA) is 59.3 Å². The van der Waals surface area contributed by atoms with E-state index in [4.69, 9.17) is 39.9 Å². The van der Waals surface area contributed by atoms with E-state index in [1.165, 1.54) is 11.3 Å². The molecule has 0 aliphatic heterocycles. The summed E-state index contributed by atoms with van der Waals surface area (Å²) < 4.78 is 2.60. The second kappa shape index (κ2) is 9.60. The maximum atomic E-state index is 12.8. The Kier molecular flexibility index (Phi) is 6.39. The third-order valence-electron chi connectivity index (χ3n) is 5.06. The monoisotopic (exact) mass is 524 g/mol. The van der Waals surface area contributed by atoms with Crippen molar-refractivity contribution in [1.82, 2.24) is 15.2 Å². The molecule has 0 fully saturated rings. The van der Waals surface area contributed by atoms with Gasteiger partial charge in [0.05, 0.1) is 21.9 Å². The maximum absolute atomic E-state index is 12.8. The number of fused-ring (bicyclic) bond motifs is 1. The SMILES string of the molecule is O=C(N/N=C\c1cn(-c2ccccc2)nc1-c1ccc(Cl)cc1)c1sc2cccc(Cl)c2c1Cl. The smallest absolute Gasteiger partial charge is 0.266 e. The fraction of sp³-hybridized carbons (Fsp3) is 0. The summed E-state index contributed by atoms with van der Waals surface area (Å²) in [5, 5.41) is 11.0. The molecule has 0 atom stereocenters. The molecular weight excluding hydrogens is 511 g/mol. The molecule has 5 aromatic rings. The molecule has 0 bridgehead atoms. The lowest BCUT2D eigenvalue weighted by molar-refractivity contribution is 0.0959. The minimum Gasteiger partial charge on any atom is -0.266 e. The maximum Gasteiger partial charge on any atom is 0.283 e. The van der Waals surface area contributed by atoms with E-state index in [9.17, 15) is 4.79 Å². The number of hydrogen-bond donors (Lipinski definition) is 1. The molecule has 2 heterocycles. The fourth-order valence-electron chi connectivity index (χ4n) is 3.45. The molecule has 0 spiro atoms.